The lowest BCUT2D eigenvalue weighted by molar-refractivity contribution is 0.199. The Kier molecular flexibility index (Phi) is 7.56. The SMILES string of the molecule is C=C(CC)COc1c(Cl)cccc1CNCCOC. The van der Waals surface area contributed by atoms with Crippen LogP contribution < -0.4 is 10.1 Å². The lowest BCUT2D eigenvalue weighted by Crippen LogP contribution is -2.19. The first-order valence-corrected chi connectivity index (χ1v) is 6.83. The van der Waals surface area contributed by atoms with Crippen molar-refractivity contribution < 1.29 is 9.47 Å². The van der Waals surface area contributed by atoms with E-state index in [4.69, 9.17) is 21.1 Å². The molecule has 0 amide bonds. The van der Waals surface area contributed by atoms with Crippen LogP contribution in [0.4, 0.5) is 0 Å². The molecule has 0 aliphatic carbocycles. The summed E-state index contributed by atoms with van der Waals surface area (Å²) in [4.78, 5) is 0. The number of hydrogen-bond donors (Lipinski definition) is 1. The molecule has 0 saturated heterocycles. The molecule has 19 heavy (non-hydrogen) atoms. The van der Waals surface area contributed by atoms with E-state index < -0.39 is 0 Å². The van der Waals surface area contributed by atoms with Gasteiger partial charge in [0.05, 0.1) is 11.6 Å². The van der Waals surface area contributed by atoms with Crippen LogP contribution in [-0.4, -0.2) is 26.9 Å². The summed E-state index contributed by atoms with van der Waals surface area (Å²) in [5.41, 5.74) is 2.10. The normalized spacial score (nSPS) is 10.5. The second-order valence-corrected chi connectivity index (χ2v) is 4.70. The monoisotopic (exact) mass is 283 g/mol. The van der Waals surface area contributed by atoms with Gasteiger partial charge < -0.3 is 14.8 Å². The van der Waals surface area contributed by atoms with Crippen molar-refractivity contribution in [3.63, 3.8) is 0 Å². The largest absolute Gasteiger partial charge is 0.487 e. The van der Waals surface area contributed by atoms with Crippen molar-refractivity contribution in [2.45, 2.75) is 19.9 Å². The predicted molar refractivity (Wildman–Crippen MR) is 80.0 cm³/mol. The first-order valence-electron chi connectivity index (χ1n) is 6.45. The van der Waals surface area contributed by atoms with E-state index in [9.17, 15) is 0 Å². The highest BCUT2D eigenvalue weighted by molar-refractivity contribution is 6.32. The Hall–Kier alpha value is -1.03. The number of halogens is 1. The molecule has 0 heterocycles. The minimum absolute atomic E-state index is 0.505. The lowest BCUT2D eigenvalue weighted by atomic mass is 10.2. The summed E-state index contributed by atoms with van der Waals surface area (Å²) >= 11 is 6.19. The van der Waals surface area contributed by atoms with Crippen LogP contribution in [0.2, 0.25) is 5.02 Å². The highest BCUT2D eigenvalue weighted by Gasteiger charge is 2.08. The Labute approximate surface area is 120 Å². The fourth-order valence-corrected chi connectivity index (χ4v) is 1.78. The van der Waals surface area contributed by atoms with E-state index in [-0.39, 0.29) is 0 Å². The molecule has 1 aromatic carbocycles. The van der Waals surface area contributed by atoms with Gasteiger partial charge in [-0.1, -0.05) is 37.2 Å². The second kappa shape index (κ2) is 8.97. The fourth-order valence-electron chi connectivity index (χ4n) is 1.53. The maximum Gasteiger partial charge on any atom is 0.142 e. The van der Waals surface area contributed by atoms with E-state index in [1.54, 1.807) is 7.11 Å². The Balaban J connectivity index is 2.63. The van der Waals surface area contributed by atoms with Gasteiger partial charge in [-0.05, 0) is 18.1 Å². The molecular formula is C15H22ClNO2. The standard InChI is InChI=1S/C15H22ClNO2/c1-4-12(2)11-19-15-13(6-5-7-14(15)16)10-17-8-9-18-3/h5-7,17H,2,4,8-11H2,1,3H3. The van der Waals surface area contributed by atoms with Gasteiger partial charge in [-0.25, -0.2) is 0 Å². The minimum Gasteiger partial charge on any atom is -0.487 e. The van der Waals surface area contributed by atoms with Crippen LogP contribution >= 0.6 is 11.6 Å². The quantitative estimate of drug-likeness (QED) is 0.556. The van der Waals surface area contributed by atoms with Gasteiger partial charge in [-0.2, -0.15) is 0 Å². The third kappa shape index (κ3) is 5.64. The molecule has 0 fully saturated rings. The van der Waals surface area contributed by atoms with Gasteiger partial charge >= 0.3 is 0 Å². The van der Waals surface area contributed by atoms with Gasteiger partial charge in [0.1, 0.15) is 12.4 Å². The summed E-state index contributed by atoms with van der Waals surface area (Å²) in [7, 11) is 1.69. The zero-order valence-electron chi connectivity index (χ0n) is 11.7. The molecule has 0 spiro atoms. The third-order valence-corrected chi connectivity index (χ3v) is 3.07. The molecule has 4 heteroatoms. The number of nitrogens with one attached hydrogen (secondary N) is 1. The van der Waals surface area contributed by atoms with Crippen LogP contribution in [-0.2, 0) is 11.3 Å². The molecule has 0 unspecified atom stereocenters. The molecule has 0 saturated carbocycles. The third-order valence-electron chi connectivity index (χ3n) is 2.77. The van der Waals surface area contributed by atoms with Gasteiger partial charge in [0, 0.05) is 25.8 Å². The summed E-state index contributed by atoms with van der Waals surface area (Å²) in [6.45, 7) is 8.69. The highest BCUT2D eigenvalue weighted by atomic mass is 35.5. The van der Waals surface area contributed by atoms with Crippen molar-refractivity contribution in [1.82, 2.24) is 5.32 Å². The van der Waals surface area contributed by atoms with Crippen LogP contribution in [0.1, 0.15) is 18.9 Å². The average Bonchev–Trinajstić information content (AvgIpc) is 2.42. The number of para-hydroxylation sites is 1. The highest BCUT2D eigenvalue weighted by Crippen LogP contribution is 2.29. The van der Waals surface area contributed by atoms with Crippen molar-refractivity contribution in [3.8, 4) is 5.75 Å². The molecule has 0 atom stereocenters. The second-order valence-electron chi connectivity index (χ2n) is 4.29. The van der Waals surface area contributed by atoms with Crippen LogP contribution in [0, 0.1) is 0 Å². The van der Waals surface area contributed by atoms with Crippen molar-refractivity contribution in [3.05, 3.63) is 40.9 Å². The number of benzene rings is 1. The van der Waals surface area contributed by atoms with E-state index in [0.717, 1.165) is 29.9 Å². The molecule has 1 N–H and O–H groups in total. The van der Waals surface area contributed by atoms with Crippen molar-refractivity contribution in [1.29, 1.82) is 0 Å². The Morgan fingerprint density at radius 3 is 2.89 bits per heavy atom. The summed E-state index contributed by atoms with van der Waals surface area (Å²) in [6.07, 6.45) is 0.909. The van der Waals surface area contributed by atoms with Crippen LogP contribution in [0.5, 0.6) is 5.75 Å². The van der Waals surface area contributed by atoms with Crippen molar-refractivity contribution in [2.75, 3.05) is 26.9 Å². The maximum atomic E-state index is 6.19. The molecule has 0 aliphatic heterocycles. The first kappa shape index (κ1) is 16.0. The van der Waals surface area contributed by atoms with Crippen molar-refractivity contribution in [2.24, 2.45) is 0 Å². The summed E-state index contributed by atoms with van der Waals surface area (Å²) in [6, 6.07) is 5.77. The molecule has 0 radical (unpaired) electrons. The molecular weight excluding hydrogens is 262 g/mol. The Morgan fingerprint density at radius 2 is 2.21 bits per heavy atom. The topological polar surface area (TPSA) is 30.5 Å². The fraction of sp³-hybridized carbons (Fsp3) is 0.467. The summed E-state index contributed by atoms with van der Waals surface area (Å²) < 4.78 is 10.8. The van der Waals surface area contributed by atoms with Crippen molar-refractivity contribution >= 4 is 11.6 Å². The smallest absolute Gasteiger partial charge is 0.142 e. The van der Waals surface area contributed by atoms with Crippen LogP contribution in [0.25, 0.3) is 0 Å². The molecule has 3 nitrogen and oxygen atoms in total. The number of methoxy groups -OCH3 is 1. The number of hydrogen-bond acceptors (Lipinski definition) is 3. The number of ether oxygens (including phenoxy) is 2. The average molecular weight is 284 g/mol. The summed E-state index contributed by atoms with van der Waals surface area (Å²) in [5, 5.41) is 3.92. The van der Waals surface area contributed by atoms with E-state index >= 15 is 0 Å². The van der Waals surface area contributed by atoms with E-state index in [1.807, 2.05) is 18.2 Å². The number of rotatable bonds is 9. The van der Waals surface area contributed by atoms with E-state index in [0.29, 0.717) is 24.8 Å². The molecule has 0 bridgehead atoms. The van der Waals surface area contributed by atoms with Gasteiger partial charge in [0.25, 0.3) is 0 Å². The predicted octanol–water partition coefficient (Wildman–Crippen LogP) is 3.42. The maximum absolute atomic E-state index is 6.19. The molecule has 0 aromatic heterocycles. The molecule has 0 aliphatic rings. The molecule has 106 valence electrons. The Morgan fingerprint density at radius 1 is 1.42 bits per heavy atom. The van der Waals surface area contributed by atoms with Gasteiger partial charge in [0.15, 0.2) is 0 Å². The zero-order valence-corrected chi connectivity index (χ0v) is 12.4. The van der Waals surface area contributed by atoms with Gasteiger partial charge in [0.2, 0.25) is 0 Å². The zero-order chi connectivity index (χ0) is 14.1. The molecule has 1 aromatic rings. The van der Waals surface area contributed by atoms with Crippen LogP contribution in [0.3, 0.4) is 0 Å². The summed E-state index contributed by atoms with van der Waals surface area (Å²) in [5.74, 6) is 0.740. The van der Waals surface area contributed by atoms with Gasteiger partial charge in [-0.3, -0.25) is 0 Å². The lowest BCUT2D eigenvalue weighted by Gasteiger charge is -2.14. The van der Waals surface area contributed by atoms with Gasteiger partial charge in [-0.15, -0.1) is 0 Å². The molecule has 1 rings (SSSR count). The minimum atomic E-state index is 0.505. The Bertz CT molecular complexity index is 407. The van der Waals surface area contributed by atoms with E-state index in [2.05, 4.69) is 18.8 Å². The van der Waals surface area contributed by atoms with Crippen LogP contribution in [0.15, 0.2) is 30.4 Å². The van der Waals surface area contributed by atoms with E-state index in [1.165, 1.54) is 0 Å². The first-order chi connectivity index (χ1) is 9.19.